The van der Waals surface area contributed by atoms with E-state index in [2.05, 4.69) is 10.2 Å². The molecular formula is C10H18Au2BFN6O2S2. The van der Waals surface area contributed by atoms with Crippen LogP contribution in [0.3, 0.4) is 0 Å². The number of aryl methyl sites for hydroxylation is 2. The van der Waals surface area contributed by atoms with Gasteiger partial charge in [-0.2, -0.15) is 0 Å². The van der Waals surface area contributed by atoms with Gasteiger partial charge in [-0.3, -0.25) is 0 Å². The minimum Gasteiger partial charge on any atom is -0.867 e. The van der Waals surface area contributed by atoms with Crippen molar-refractivity contribution in [3.63, 3.8) is 0 Å². The van der Waals surface area contributed by atoms with Crippen LogP contribution in [0.25, 0.3) is 0 Å². The smallest absolute Gasteiger partial charge is 0.867 e. The molecule has 14 heteroatoms. The van der Waals surface area contributed by atoms with E-state index in [1.54, 1.807) is 9.36 Å². The Kier molecular flexibility index (Phi) is 16.1. The van der Waals surface area contributed by atoms with E-state index in [0.29, 0.717) is 10.3 Å². The maximum absolute atomic E-state index is 9.89. The van der Waals surface area contributed by atoms with Crippen LogP contribution in [0.4, 0.5) is 4.32 Å². The van der Waals surface area contributed by atoms with E-state index in [4.69, 9.17) is 35.3 Å². The molecule has 0 saturated heterocycles. The summed E-state index contributed by atoms with van der Waals surface area (Å²) in [7, 11) is 4.41. The predicted octanol–water partition coefficient (Wildman–Crippen LogP) is -3.43. The van der Waals surface area contributed by atoms with Gasteiger partial charge in [-0.1, -0.05) is 10.2 Å². The van der Waals surface area contributed by atoms with Crippen molar-refractivity contribution in [1.82, 2.24) is 19.3 Å². The molecule has 0 amide bonds. The maximum atomic E-state index is 9.89. The molecule has 2 rings (SSSR count). The molecule has 0 N–H and O–H groups in total. The minimum absolute atomic E-state index is 0. The molecule has 0 fully saturated rings. The van der Waals surface area contributed by atoms with Gasteiger partial charge in [0.05, 0.1) is 14.1 Å². The monoisotopic (exact) mass is 742 g/mol. The summed E-state index contributed by atoms with van der Waals surface area (Å²) in [5, 5.41) is 25.9. The van der Waals surface area contributed by atoms with Crippen LogP contribution in [0.2, 0.25) is 0 Å². The maximum Gasteiger partial charge on any atom is 1.00 e. The Balaban J connectivity index is -0.000000283. The molecule has 0 bridgehead atoms. The van der Waals surface area contributed by atoms with E-state index in [-0.39, 0.29) is 44.8 Å². The van der Waals surface area contributed by atoms with Crippen LogP contribution in [0.1, 0.15) is 11.6 Å². The fraction of sp³-hybridized carbons (Fsp3) is 0.600. The molecule has 0 aromatic carbocycles. The van der Waals surface area contributed by atoms with Crippen molar-refractivity contribution in [3.05, 3.63) is 11.6 Å². The first-order valence-electron chi connectivity index (χ1n) is 6.08. The van der Waals surface area contributed by atoms with E-state index < -0.39 is 7.40 Å². The number of halogens is 1. The van der Waals surface area contributed by atoms with Crippen LogP contribution in [0, 0.1) is 13.8 Å². The molecule has 0 aliphatic heterocycles. The predicted molar refractivity (Wildman–Crippen MR) is 76.4 cm³/mol. The number of aromatic nitrogens is 6. The van der Waals surface area contributed by atoms with Gasteiger partial charge in [-0.15, -0.1) is 9.36 Å². The molecule has 144 valence electrons. The SMILES string of the molecule is Cc1n(C)c([S-])n[n+]1C.Cc1n(C)c([S-])n[n+]1C.[Au+].[Au+].[O-]B([O-])F. The molecule has 0 unspecified atom stereocenters. The average molecular weight is 742 g/mol. The first-order valence-corrected chi connectivity index (χ1v) is 6.89. The fourth-order valence-corrected chi connectivity index (χ4v) is 1.76. The second-order valence-electron chi connectivity index (χ2n) is 4.30. The summed E-state index contributed by atoms with van der Waals surface area (Å²) < 4.78 is 17.2. The summed E-state index contributed by atoms with van der Waals surface area (Å²) in [6, 6.07) is 0. The van der Waals surface area contributed by atoms with E-state index in [0.717, 1.165) is 11.6 Å². The van der Waals surface area contributed by atoms with Crippen molar-refractivity contribution >= 4 is 32.7 Å². The molecule has 24 heavy (non-hydrogen) atoms. The molecular weight excluding hydrogens is 724 g/mol. The van der Waals surface area contributed by atoms with Crippen molar-refractivity contribution in [3.8, 4) is 0 Å². The first-order chi connectivity index (χ1) is 9.98. The van der Waals surface area contributed by atoms with E-state index in [1.165, 1.54) is 0 Å². The van der Waals surface area contributed by atoms with E-state index in [9.17, 15) is 4.32 Å². The van der Waals surface area contributed by atoms with E-state index in [1.807, 2.05) is 51.2 Å². The van der Waals surface area contributed by atoms with Crippen LogP contribution in [0.5, 0.6) is 0 Å². The molecule has 2 aromatic heterocycles. The second-order valence-corrected chi connectivity index (χ2v) is 5.03. The standard InChI is InChI=1S/2C5H9N3S.2Au.BFO2/c2*1-4-7(2)5(9)6-8(4)3;;;2-1(3)4/h2*1-3H3;;;/q;;2*+1;-2. The largest absolute Gasteiger partial charge is 1.00 e. The Morgan fingerprint density at radius 3 is 1.17 bits per heavy atom. The Morgan fingerprint density at radius 2 is 1.12 bits per heavy atom. The van der Waals surface area contributed by atoms with Gasteiger partial charge in [-0.25, -0.2) is 9.13 Å². The second kappa shape index (κ2) is 13.3. The Hall–Kier alpha value is 0.115. The van der Waals surface area contributed by atoms with Crippen molar-refractivity contribution in [2.75, 3.05) is 0 Å². The molecule has 8 nitrogen and oxygen atoms in total. The van der Waals surface area contributed by atoms with Crippen molar-refractivity contribution in [2.24, 2.45) is 28.2 Å². The Morgan fingerprint density at radius 1 is 0.917 bits per heavy atom. The van der Waals surface area contributed by atoms with Crippen LogP contribution in [0.15, 0.2) is 10.3 Å². The summed E-state index contributed by atoms with van der Waals surface area (Å²) in [6.45, 7) is 3.95. The normalized spacial score (nSPS) is 8.71. The van der Waals surface area contributed by atoms with Gasteiger partial charge in [0.2, 0.25) is 0 Å². The topological polar surface area (TPSA) is 89.5 Å². The van der Waals surface area contributed by atoms with Gasteiger partial charge in [0.25, 0.3) is 11.6 Å². The molecule has 2 aromatic rings. The third-order valence-electron chi connectivity index (χ3n) is 2.95. The fourth-order valence-electron chi connectivity index (χ4n) is 1.25. The molecule has 0 atom stereocenters. The molecule has 0 saturated carbocycles. The third-order valence-corrected chi connectivity index (χ3v) is 3.66. The number of hydrogen-bond donors (Lipinski definition) is 0. The van der Waals surface area contributed by atoms with Crippen molar-refractivity contribution in [2.45, 2.75) is 24.2 Å². The van der Waals surface area contributed by atoms with Gasteiger partial charge in [-0.05, 0) is 0 Å². The van der Waals surface area contributed by atoms with Gasteiger partial charge in [0, 0.05) is 13.8 Å². The van der Waals surface area contributed by atoms with Crippen LogP contribution < -0.4 is 19.4 Å². The van der Waals surface area contributed by atoms with Crippen LogP contribution in [-0.4, -0.2) is 26.7 Å². The zero-order chi connectivity index (χ0) is 17.6. The van der Waals surface area contributed by atoms with Crippen molar-refractivity contribution in [1.29, 1.82) is 0 Å². The Bertz CT molecular complexity index is 531. The average Bonchev–Trinajstić information content (AvgIpc) is 2.75. The summed E-state index contributed by atoms with van der Waals surface area (Å²) >= 11 is 9.79. The van der Waals surface area contributed by atoms with Gasteiger partial charge >= 0.3 is 44.8 Å². The summed E-state index contributed by atoms with van der Waals surface area (Å²) in [5.41, 5.74) is 0. The van der Waals surface area contributed by atoms with Gasteiger partial charge < -0.3 is 39.6 Å². The number of rotatable bonds is 0. The van der Waals surface area contributed by atoms with Gasteiger partial charge in [0.15, 0.2) is 0 Å². The molecule has 0 aliphatic carbocycles. The molecule has 0 spiro atoms. The number of nitrogens with zero attached hydrogens (tertiary/aromatic N) is 6. The molecule has 0 aliphatic rings. The minimum atomic E-state index is -3.17. The van der Waals surface area contributed by atoms with E-state index >= 15 is 0 Å². The quantitative estimate of drug-likeness (QED) is 0.159. The van der Waals surface area contributed by atoms with Gasteiger partial charge in [0.1, 0.15) is 31.8 Å². The van der Waals surface area contributed by atoms with Crippen LogP contribution in [-0.2, 0) is 98.2 Å². The third kappa shape index (κ3) is 9.56. The zero-order valence-corrected chi connectivity index (χ0v) is 19.8. The molecule has 0 radical (unpaired) electrons. The molecule has 2 heterocycles. The van der Waals surface area contributed by atoms with Crippen molar-refractivity contribution < 1.29 is 68.5 Å². The Labute approximate surface area is 183 Å². The zero-order valence-electron chi connectivity index (χ0n) is 13.9. The first kappa shape index (κ1) is 28.9. The van der Waals surface area contributed by atoms with Crippen LogP contribution >= 0.6 is 0 Å². The number of hydrogen-bond acceptors (Lipinski definition) is 6. The summed E-state index contributed by atoms with van der Waals surface area (Å²) in [5.74, 6) is 2.14. The summed E-state index contributed by atoms with van der Waals surface area (Å²) in [6.07, 6.45) is 0. The summed E-state index contributed by atoms with van der Waals surface area (Å²) in [4.78, 5) is 0.